The fourth-order valence-electron chi connectivity index (χ4n) is 2.23. The minimum Gasteiger partial charge on any atom is -0.382 e. The zero-order valence-corrected chi connectivity index (χ0v) is 11.3. The summed E-state index contributed by atoms with van der Waals surface area (Å²) in [7, 11) is 0. The van der Waals surface area contributed by atoms with Gasteiger partial charge in [0.25, 0.3) is 0 Å². The van der Waals surface area contributed by atoms with Crippen LogP contribution in [-0.4, -0.2) is 11.0 Å². The molecule has 0 saturated carbocycles. The lowest BCUT2D eigenvalue weighted by atomic mass is 10.1. The molecule has 2 nitrogen and oxygen atoms in total. The first-order chi connectivity index (χ1) is 8.83. The number of nitrogens with one attached hydrogen (secondary N) is 1. The van der Waals surface area contributed by atoms with Crippen molar-refractivity contribution < 1.29 is 0 Å². The van der Waals surface area contributed by atoms with Crippen molar-refractivity contribution in [2.45, 2.75) is 45.6 Å². The van der Waals surface area contributed by atoms with E-state index in [-0.39, 0.29) is 0 Å². The van der Waals surface area contributed by atoms with E-state index in [0.717, 1.165) is 5.52 Å². The Balaban J connectivity index is 2.10. The predicted octanol–water partition coefficient (Wildman–Crippen LogP) is 4.62. The Kier molecular flexibility index (Phi) is 4.57. The van der Waals surface area contributed by atoms with Gasteiger partial charge in [0.1, 0.15) is 0 Å². The third kappa shape index (κ3) is 3.22. The van der Waals surface area contributed by atoms with E-state index >= 15 is 0 Å². The molecule has 1 heterocycles. The molecule has 0 amide bonds. The molecule has 0 aliphatic heterocycles. The topological polar surface area (TPSA) is 24.9 Å². The number of unbranched alkanes of at least 4 members (excludes halogenated alkanes) is 1. The van der Waals surface area contributed by atoms with Gasteiger partial charge in [-0.15, -0.1) is 0 Å². The second kappa shape index (κ2) is 6.39. The molecule has 1 aromatic heterocycles. The summed E-state index contributed by atoms with van der Waals surface area (Å²) in [5.74, 6) is 0. The number of benzene rings is 1. The van der Waals surface area contributed by atoms with E-state index in [4.69, 9.17) is 0 Å². The average Bonchev–Trinajstić information content (AvgIpc) is 2.43. The van der Waals surface area contributed by atoms with Crippen LogP contribution >= 0.6 is 0 Å². The summed E-state index contributed by atoms with van der Waals surface area (Å²) in [6, 6.07) is 11.1. The lowest BCUT2D eigenvalue weighted by Gasteiger charge is -2.18. The average molecular weight is 242 g/mol. The van der Waals surface area contributed by atoms with Gasteiger partial charge in [-0.1, -0.05) is 32.8 Å². The van der Waals surface area contributed by atoms with Gasteiger partial charge in [-0.2, -0.15) is 0 Å². The van der Waals surface area contributed by atoms with Gasteiger partial charge in [-0.05, 0) is 37.1 Å². The fraction of sp³-hybridized carbons (Fsp3) is 0.438. The number of hydrogen-bond acceptors (Lipinski definition) is 2. The zero-order chi connectivity index (χ0) is 12.8. The lowest BCUT2D eigenvalue weighted by molar-refractivity contribution is 0.593. The Labute approximate surface area is 109 Å². The maximum atomic E-state index is 4.34. The molecule has 2 rings (SSSR count). The molecular weight excluding hydrogens is 220 g/mol. The maximum Gasteiger partial charge on any atom is 0.0703 e. The van der Waals surface area contributed by atoms with Crippen molar-refractivity contribution in [2.24, 2.45) is 0 Å². The molecule has 1 unspecified atom stereocenters. The summed E-state index contributed by atoms with van der Waals surface area (Å²) in [5, 5.41) is 4.83. The Morgan fingerprint density at radius 3 is 2.89 bits per heavy atom. The summed E-state index contributed by atoms with van der Waals surface area (Å²) in [4.78, 5) is 4.34. The Bertz CT molecular complexity index is 493. The van der Waals surface area contributed by atoms with Crippen molar-refractivity contribution in [3.63, 3.8) is 0 Å². The number of hydrogen-bond donors (Lipinski definition) is 1. The fourth-order valence-corrected chi connectivity index (χ4v) is 2.23. The molecule has 18 heavy (non-hydrogen) atoms. The van der Waals surface area contributed by atoms with Crippen LogP contribution in [0.1, 0.15) is 39.5 Å². The molecule has 2 heteroatoms. The smallest absolute Gasteiger partial charge is 0.0703 e. The summed E-state index contributed by atoms with van der Waals surface area (Å²) < 4.78 is 0. The molecule has 0 bridgehead atoms. The van der Waals surface area contributed by atoms with Crippen LogP contribution in [0, 0.1) is 0 Å². The normalized spacial score (nSPS) is 12.6. The maximum absolute atomic E-state index is 4.34. The minimum absolute atomic E-state index is 0.582. The summed E-state index contributed by atoms with van der Waals surface area (Å²) >= 11 is 0. The molecule has 0 fully saturated rings. The van der Waals surface area contributed by atoms with Crippen molar-refractivity contribution >= 4 is 16.6 Å². The number of aromatic nitrogens is 1. The first-order valence-electron chi connectivity index (χ1n) is 6.94. The second-order valence-electron chi connectivity index (χ2n) is 4.80. The number of anilines is 1. The molecule has 2 aromatic rings. The van der Waals surface area contributed by atoms with E-state index < -0.39 is 0 Å². The second-order valence-corrected chi connectivity index (χ2v) is 4.80. The summed E-state index contributed by atoms with van der Waals surface area (Å²) in [6.45, 7) is 4.49. The Hall–Kier alpha value is -1.57. The minimum atomic E-state index is 0.582. The SMILES string of the molecule is CCCCC(CC)Nc1ccc2ncccc2c1. The first kappa shape index (κ1) is 12.9. The third-order valence-corrected chi connectivity index (χ3v) is 3.37. The number of fused-ring (bicyclic) bond motifs is 1. The standard InChI is InChI=1S/C16H22N2/c1-3-5-8-14(4-2)18-15-9-10-16-13(12-15)7-6-11-17-16/h6-7,9-12,14,18H,3-5,8H2,1-2H3. The zero-order valence-electron chi connectivity index (χ0n) is 11.3. The largest absolute Gasteiger partial charge is 0.382 e. The van der Waals surface area contributed by atoms with Crippen molar-refractivity contribution in [1.82, 2.24) is 4.98 Å². The van der Waals surface area contributed by atoms with Crippen molar-refractivity contribution in [2.75, 3.05) is 5.32 Å². The van der Waals surface area contributed by atoms with Crippen LogP contribution in [-0.2, 0) is 0 Å². The summed E-state index contributed by atoms with van der Waals surface area (Å²) in [6.07, 6.45) is 6.81. The first-order valence-corrected chi connectivity index (χ1v) is 6.94. The molecule has 1 atom stereocenters. The number of nitrogens with zero attached hydrogens (tertiary/aromatic N) is 1. The van der Waals surface area contributed by atoms with Gasteiger partial charge in [0.15, 0.2) is 0 Å². The molecule has 0 spiro atoms. The highest BCUT2D eigenvalue weighted by atomic mass is 14.9. The number of pyridine rings is 1. The van der Waals surface area contributed by atoms with Crippen LogP contribution in [0.2, 0.25) is 0 Å². The van der Waals surface area contributed by atoms with Crippen LogP contribution < -0.4 is 5.32 Å². The molecule has 1 aromatic carbocycles. The van der Waals surface area contributed by atoms with Gasteiger partial charge in [-0.25, -0.2) is 0 Å². The molecule has 96 valence electrons. The van der Waals surface area contributed by atoms with E-state index in [2.05, 4.69) is 48.4 Å². The Morgan fingerprint density at radius 1 is 1.22 bits per heavy atom. The van der Waals surface area contributed by atoms with Gasteiger partial charge >= 0.3 is 0 Å². The number of rotatable bonds is 6. The van der Waals surface area contributed by atoms with Crippen LogP contribution in [0.3, 0.4) is 0 Å². The molecule has 0 aliphatic carbocycles. The van der Waals surface area contributed by atoms with Crippen LogP contribution in [0.5, 0.6) is 0 Å². The Morgan fingerprint density at radius 2 is 2.11 bits per heavy atom. The molecule has 0 radical (unpaired) electrons. The van der Waals surface area contributed by atoms with Gasteiger partial charge < -0.3 is 5.32 Å². The van der Waals surface area contributed by atoms with Crippen molar-refractivity contribution in [1.29, 1.82) is 0 Å². The monoisotopic (exact) mass is 242 g/mol. The quantitative estimate of drug-likeness (QED) is 0.799. The van der Waals surface area contributed by atoms with Crippen LogP contribution in [0.25, 0.3) is 10.9 Å². The van der Waals surface area contributed by atoms with Crippen LogP contribution in [0.15, 0.2) is 36.5 Å². The third-order valence-electron chi connectivity index (χ3n) is 3.37. The van der Waals surface area contributed by atoms with Gasteiger partial charge in [0, 0.05) is 23.3 Å². The molecule has 0 saturated heterocycles. The highest BCUT2D eigenvalue weighted by molar-refractivity contribution is 5.82. The van der Waals surface area contributed by atoms with Crippen molar-refractivity contribution in [3.05, 3.63) is 36.5 Å². The van der Waals surface area contributed by atoms with E-state index in [0.29, 0.717) is 6.04 Å². The highest BCUT2D eigenvalue weighted by Gasteiger charge is 2.05. The lowest BCUT2D eigenvalue weighted by Crippen LogP contribution is -2.18. The van der Waals surface area contributed by atoms with E-state index in [1.54, 1.807) is 0 Å². The van der Waals surface area contributed by atoms with E-state index in [1.165, 1.54) is 36.8 Å². The van der Waals surface area contributed by atoms with E-state index in [1.807, 2.05) is 12.3 Å². The molecule has 1 N–H and O–H groups in total. The molecule has 0 aliphatic rings. The highest BCUT2D eigenvalue weighted by Crippen LogP contribution is 2.19. The van der Waals surface area contributed by atoms with Gasteiger partial charge in [-0.3, -0.25) is 4.98 Å². The summed E-state index contributed by atoms with van der Waals surface area (Å²) in [5.41, 5.74) is 2.27. The predicted molar refractivity (Wildman–Crippen MR) is 79.0 cm³/mol. The molecular formula is C16H22N2. The van der Waals surface area contributed by atoms with Crippen molar-refractivity contribution in [3.8, 4) is 0 Å². The van der Waals surface area contributed by atoms with Gasteiger partial charge in [0.2, 0.25) is 0 Å². The van der Waals surface area contributed by atoms with Gasteiger partial charge in [0.05, 0.1) is 5.52 Å². The van der Waals surface area contributed by atoms with Crippen LogP contribution in [0.4, 0.5) is 5.69 Å². The van der Waals surface area contributed by atoms with E-state index in [9.17, 15) is 0 Å².